The van der Waals surface area contributed by atoms with E-state index in [4.69, 9.17) is 12.2 Å². The van der Waals surface area contributed by atoms with Gasteiger partial charge in [-0.05, 0) is 62.9 Å². The fourth-order valence-corrected chi connectivity index (χ4v) is 3.70. The zero-order valence-corrected chi connectivity index (χ0v) is 16.0. The van der Waals surface area contributed by atoms with E-state index in [1.165, 1.54) is 24.8 Å². The van der Waals surface area contributed by atoms with E-state index in [2.05, 4.69) is 41.9 Å². The number of thiocarbonyl (C=S) groups is 1. The first-order chi connectivity index (χ1) is 11.4. The largest absolute Gasteiger partial charge is 0.360 e. The molecule has 0 unspecified atom stereocenters. The first-order valence-electron chi connectivity index (χ1n) is 8.79. The number of carbonyl (C=O) groups is 1. The summed E-state index contributed by atoms with van der Waals surface area (Å²) in [5, 5.41) is 9.94. The van der Waals surface area contributed by atoms with Crippen LogP contribution in [0.2, 0.25) is 0 Å². The Morgan fingerprint density at radius 2 is 1.79 bits per heavy atom. The second-order valence-corrected chi connectivity index (χ2v) is 7.43. The maximum atomic E-state index is 12.2. The van der Waals surface area contributed by atoms with E-state index in [9.17, 15) is 4.79 Å². The van der Waals surface area contributed by atoms with Crippen LogP contribution in [0, 0.1) is 26.7 Å². The van der Waals surface area contributed by atoms with Crippen LogP contribution in [0.5, 0.6) is 0 Å². The molecule has 1 saturated carbocycles. The topological polar surface area (TPSA) is 53.2 Å². The zero-order chi connectivity index (χ0) is 17.7. The summed E-state index contributed by atoms with van der Waals surface area (Å²) >= 11 is 5.34. The van der Waals surface area contributed by atoms with Crippen LogP contribution in [0.15, 0.2) is 12.1 Å². The van der Waals surface area contributed by atoms with Gasteiger partial charge in [-0.3, -0.25) is 4.79 Å². The van der Waals surface area contributed by atoms with Gasteiger partial charge in [-0.25, -0.2) is 0 Å². The standard InChI is InChI=1S/C19H29N3OS/c1-12-9-14(3)18(15(4)10-12)22-17(23)11-20-19(24)21-16-8-6-5-7-13(16)2/h9-10,13,16H,5-8,11H2,1-4H3,(H,22,23)(H2,20,21,24)/t13-,16+/m1/s1. The van der Waals surface area contributed by atoms with Crippen molar-refractivity contribution in [1.29, 1.82) is 0 Å². The van der Waals surface area contributed by atoms with Crippen LogP contribution in [-0.2, 0) is 4.79 Å². The highest BCUT2D eigenvalue weighted by Gasteiger charge is 2.21. The first-order valence-corrected chi connectivity index (χ1v) is 9.19. The molecule has 2 rings (SSSR count). The molecule has 1 fully saturated rings. The lowest BCUT2D eigenvalue weighted by atomic mass is 9.86. The molecule has 24 heavy (non-hydrogen) atoms. The van der Waals surface area contributed by atoms with Gasteiger partial charge in [0.1, 0.15) is 0 Å². The Morgan fingerprint density at radius 3 is 2.42 bits per heavy atom. The average Bonchev–Trinajstić information content (AvgIpc) is 2.51. The number of amides is 1. The molecule has 0 heterocycles. The first kappa shape index (κ1) is 18.7. The van der Waals surface area contributed by atoms with E-state index in [1.807, 2.05) is 13.8 Å². The third-order valence-corrected chi connectivity index (χ3v) is 5.04. The normalized spacial score (nSPS) is 20.3. The SMILES string of the molecule is Cc1cc(C)c(NC(=O)CNC(=S)N[C@H]2CCCC[C@H]2C)c(C)c1. The van der Waals surface area contributed by atoms with Crippen LogP contribution >= 0.6 is 12.2 Å². The summed E-state index contributed by atoms with van der Waals surface area (Å²) in [6.45, 7) is 8.53. The molecule has 2 atom stereocenters. The van der Waals surface area contributed by atoms with Crippen molar-refractivity contribution in [2.75, 3.05) is 11.9 Å². The minimum Gasteiger partial charge on any atom is -0.360 e. The number of hydrogen-bond donors (Lipinski definition) is 3. The number of anilines is 1. The van der Waals surface area contributed by atoms with Crippen LogP contribution in [0.1, 0.15) is 49.3 Å². The van der Waals surface area contributed by atoms with Gasteiger partial charge in [0.2, 0.25) is 5.91 Å². The van der Waals surface area contributed by atoms with Gasteiger partial charge >= 0.3 is 0 Å². The number of rotatable bonds is 4. The van der Waals surface area contributed by atoms with Crippen LogP contribution in [0.25, 0.3) is 0 Å². The molecule has 0 saturated heterocycles. The predicted octanol–water partition coefficient (Wildman–Crippen LogP) is 3.59. The third kappa shape index (κ3) is 5.20. The Balaban J connectivity index is 1.82. The molecule has 1 amide bonds. The van der Waals surface area contributed by atoms with Gasteiger partial charge in [-0.1, -0.05) is 37.5 Å². The molecule has 0 spiro atoms. The third-order valence-electron chi connectivity index (χ3n) is 4.78. The van der Waals surface area contributed by atoms with Gasteiger partial charge in [0.05, 0.1) is 6.54 Å². The predicted molar refractivity (Wildman–Crippen MR) is 104 cm³/mol. The monoisotopic (exact) mass is 347 g/mol. The van der Waals surface area contributed by atoms with E-state index in [0.717, 1.165) is 23.2 Å². The van der Waals surface area contributed by atoms with Gasteiger partial charge in [-0.15, -0.1) is 0 Å². The van der Waals surface area contributed by atoms with Crippen LogP contribution < -0.4 is 16.0 Å². The van der Waals surface area contributed by atoms with Crippen molar-refractivity contribution in [3.05, 3.63) is 28.8 Å². The summed E-state index contributed by atoms with van der Waals surface area (Å²) in [6.07, 6.45) is 4.94. The molecule has 0 bridgehead atoms. The van der Waals surface area contributed by atoms with Gasteiger partial charge in [0, 0.05) is 11.7 Å². The number of hydrogen-bond acceptors (Lipinski definition) is 2. The maximum Gasteiger partial charge on any atom is 0.243 e. The van der Waals surface area contributed by atoms with Crippen molar-refractivity contribution in [2.24, 2.45) is 5.92 Å². The zero-order valence-electron chi connectivity index (χ0n) is 15.2. The number of benzene rings is 1. The molecule has 4 nitrogen and oxygen atoms in total. The summed E-state index contributed by atoms with van der Waals surface area (Å²) in [5.74, 6) is 0.552. The minimum absolute atomic E-state index is 0.0779. The van der Waals surface area contributed by atoms with Gasteiger partial charge in [-0.2, -0.15) is 0 Å². The molecule has 0 radical (unpaired) electrons. The Hall–Kier alpha value is -1.62. The summed E-state index contributed by atoms with van der Waals surface area (Å²) in [7, 11) is 0. The van der Waals surface area contributed by atoms with Gasteiger partial charge < -0.3 is 16.0 Å². The number of aryl methyl sites for hydroxylation is 3. The molecule has 1 aliphatic carbocycles. The van der Waals surface area contributed by atoms with Crippen molar-refractivity contribution in [2.45, 2.75) is 59.4 Å². The van der Waals surface area contributed by atoms with Gasteiger partial charge in [0.15, 0.2) is 5.11 Å². The summed E-state index contributed by atoms with van der Waals surface area (Å²) in [4.78, 5) is 12.2. The van der Waals surface area contributed by atoms with Crippen LogP contribution in [0.3, 0.4) is 0 Å². The molecule has 0 aromatic heterocycles. The lowest BCUT2D eigenvalue weighted by Gasteiger charge is -2.30. The molecule has 1 aromatic carbocycles. The van der Waals surface area contributed by atoms with E-state index in [-0.39, 0.29) is 12.5 Å². The van der Waals surface area contributed by atoms with Crippen molar-refractivity contribution in [1.82, 2.24) is 10.6 Å². The lowest BCUT2D eigenvalue weighted by Crippen LogP contribution is -2.47. The maximum absolute atomic E-state index is 12.2. The molecule has 0 aliphatic heterocycles. The highest BCUT2D eigenvalue weighted by molar-refractivity contribution is 7.80. The minimum atomic E-state index is -0.0779. The Bertz CT molecular complexity index is 592. The van der Waals surface area contributed by atoms with Gasteiger partial charge in [0.25, 0.3) is 0 Å². The van der Waals surface area contributed by atoms with Crippen molar-refractivity contribution >= 4 is 28.9 Å². The van der Waals surface area contributed by atoms with E-state index in [1.54, 1.807) is 0 Å². The molecular weight excluding hydrogens is 318 g/mol. The second kappa shape index (κ2) is 8.47. The molecule has 1 aliphatic rings. The summed E-state index contributed by atoms with van der Waals surface area (Å²) in [5.41, 5.74) is 4.26. The smallest absolute Gasteiger partial charge is 0.243 e. The van der Waals surface area contributed by atoms with Crippen molar-refractivity contribution in [3.63, 3.8) is 0 Å². The average molecular weight is 348 g/mol. The molecule has 1 aromatic rings. The Labute approximate surface area is 150 Å². The Kier molecular flexibility index (Phi) is 6.60. The highest BCUT2D eigenvalue weighted by atomic mass is 32.1. The number of nitrogens with one attached hydrogen (secondary N) is 3. The Morgan fingerprint density at radius 1 is 1.17 bits per heavy atom. The van der Waals surface area contributed by atoms with E-state index >= 15 is 0 Å². The second-order valence-electron chi connectivity index (χ2n) is 7.02. The van der Waals surface area contributed by atoms with Crippen LogP contribution in [0.4, 0.5) is 5.69 Å². The number of carbonyl (C=O) groups excluding carboxylic acids is 1. The molecular formula is C19H29N3OS. The fourth-order valence-electron chi connectivity index (χ4n) is 3.47. The van der Waals surface area contributed by atoms with Crippen LogP contribution in [-0.4, -0.2) is 23.6 Å². The molecule has 3 N–H and O–H groups in total. The van der Waals surface area contributed by atoms with Crippen molar-refractivity contribution in [3.8, 4) is 0 Å². The molecule has 132 valence electrons. The lowest BCUT2D eigenvalue weighted by molar-refractivity contribution is -0.115. The van der Waals surface area contributed by atoms with Crippen molar-refractivity contribution < 1.29 is 4.79 Å². The highest BCUT2D eigenvalue weighted by Crippen LogP contribution is 2.23. The summed E-state index contributed by atoms with van der Waals surface area (Å²) < 4.78 is 0. The molecule has 5 heteroatoms. The van der Waals surface area contributed by atoms with E-state index in [0.29, 0.717) is 17.1 Å². The summed E-state index contributed by atoms with van der Waals surface area (Å²) in [6, 6.07) is 4.57. The fraction of sp³-hybridized carbons (Fsp3) is 0.579. The quantitative estimate of drug-likeness (QED) is 0.729. The van der Waals surface area contributed by atoms with E-state index < -0.39 is 0 Å².